The van der Waals surface area contributed by atoms with Crippen molar-refractivity contribution in [3.05, 3.63) is 65.9 Å². The molecule has 1 heterocycles. The van der Waals surface area contributed by atoms with E-state index in [1.165, 1.54) is 0 Å². The Kier molecular flexibility index (Phi) is 3.93. The molecule has 3 nitrogen and oxygen atoms in total. The van der Waals surface area contributed by atoms with E-state index in [1.807, 2.05) is 61.5 Å². The zero-order chi connectivity index (χ0) is 14.7. The van der Waals surface area contributed by atoms with Gasteiger partial charge in [0.25, 0.3) is 0 Å². The topological polar surface area (TPSA) is 42.6 Å². The molecule has 0 aliphatic rings. The van der Waals surface area contributed by atoms with Gasteiger partial charge in [0.2, 0.25) is 0 Å². The van der Waals surface area contributed by atoms with Gasteiger partial charge in [-0.2, -0.15) is 0 Å². The lowest BCUT2D eigenvalue weighted by Gasteiger charge is -2.05. The van der Waals surface area contributed by atoms with E-state index in [-0.39, 0.29) is 0 Å². The summed E-state index contributed by atoms with van der Waals surface area (Å²) in [5.74, 6) is 1.40. The molecule has 2 aromatic carbocycles. The third-order valence-corrected chi connectivity index (χ3v) is 3.47. The highest BCUT2D eigenvalue weighted by Gasteiger charge is 2.11. The van der Waals surface area contributed by atoms with Gasteiger partial charge in [-0.3, -0.25) is 0 Å². The molecule has 0 saturated carbocycles. The lowest BCUT2D eigenvalue weighted by molar-refractivity contribution is 0.148. The van der Waals surface area contributed by atoms with Crippen LogP contribution in [0.4, 0.5) is 0 Å². The Balaban J connectivity index is 1.77. The van der Waals surface area contributed by atoms with Crippen molar-refractivity contribution < 1.29 is 14.3 Å². The summed E-state index contributed by atoms with van der Waals surface area (Å²) in [5, 5.41) is 10.8. The molecule has 21 heavy (non-hydrogen) atoms. The van der Waals surface area contributed by atoms with Crippen LogP contribution in [0.2, 0.25) is 0 Å². The number of hydrogen-bond acceptors (Lipinski definition) is 3. The van der Waals surface area contributed by atoms with Crippen LogP contribution in [-0.2, 0) is 6.61 Å². The molecular weight excluding hydrogens is 264 g/mol. The first kappa shape index (κ1) is 13.7. The maximum Gasteiger partial charge on any atom is 0.134 e. The van der Waals surface area contributed by atoms with Crippen molar-refractivity contribution in [1.82, 2.24) is 0 Å². The summed E-state index contributed by atoms with van der Waals surface area (Å²) in [4.78, 5) is 0. The van der Waals surface area contributed by atoms with Gasteiger partial charge in [-0.05, 0) is 36.2 Å². The predicted octanol–water partition coefficient (Wildman–Crippen LogP) is 4.46. The van der Waals surface area contributed by atoms with Gasteiger partial charge in [-0.25, -0.2) is 0 Å². The molecule has 3 rings (SSSR count). The van der Waals surface area contributed by atoms with Gasteiger partial charge in [0.05, 0.1) is 0 Å². The van der Waals surface area contributed by atoms with E-state index in [1.54, 1.807) is 0 Å². The van der Waals surface area contributed by atoms with Crippen molar-refractivity contribution in [2.75, 3.05) is 0 Å². The average molecular weight is 282 g/mol. The number of rotatable bonds is 5. The fourth-order valence-electron chi connectivity index (χ4n) is 2.24. The first-order chi connectivity index (χ1) is 10.3. The SMILES string of the molecule is CCC(O)c1cc2cc(OCc3ccccc3)ccc2o1. The summed E-state index contributed by atoms with van der Waals surface area (Å²) in [6, 6.07) is 17.6. The van der Waals surface area contributed by atoms with Crippen LogP contribution < -0.4 is 4.74 Å². The number of ether oxygens (including phenoxy) is 1. The van der Waals surface area contributed by atoms with Crippen LogP contribution in [0.5, 0.6) is 5.75 Å². The van der Waals surface area contributed by atoms with Crippen LogP contribution in [0.3, 0.4) is 0 Å². The van der Waals surface area contributed by atoms with Crippen molar-refractivity contribution in [1.29, 1.82) is 0 Å². The molecule has 0 aliphatic carbocycles. The van der Waals surface area contributed by atoms with E-state index in [9.17, 15) is 5.11 Å². The highest BCUT2D eigenvalue weighted by Crippen LogP contribution is 2.28. The molecule has 1 unspecified atom stereocenters. The van der Waals surface area contributed by atoms with Gasteiger partial charge < -0.3 is 14.3 Å². The van der Waals surface area contributed by atoms with E-state index in [4.69, 9.17) is 9.15 Å². The maximum absolute atomic E-state index is 9.83. The van der Waals surface area contributed by atoms with Gasteiger partial charge >= 0.3 is 0 Å². The molecule has 108 valence electrons. The number of fused-ring (bicyclic) bond motifs is 1. The largest absolute Gasteiger partial charge is 0.489 e. The Morgan fingerprint density at radius 2 is 1.90 bits per heavy atom. The Morgan fingerprint density at radius 3 is 2.67 bits per heavy atom. The fraction of sp³-hybridized carbons (Fsp3) is 0.222. The summed E-state index contributed by atoms with van der Waals surface area (Å²) in [5.41, 5.74) is 1.90. The van der Waals surface area contributed by atoms with Crippen molar-refractivity contribution >= 4 is 11.0 Å². The first-order valence-corrected chi connectivity index (χ1v) is 7.14. The fourth-order valence-corrected chi connectivity index (χ4v) is 2.24. The van der Waals surface area contributed by atoms with Gasteiger partial charge in [-0.15, -0.1) is 0 Å². The molecule has 0 spiro atoms. The number of aliphatic hydroxyl groups is 1. The van der Waals surface area contributed by atoms with Crippen LogP contribution in [0.1, 0.15) is 30.8 Å². The third kappa shape index (κ3) is 3.09. The molecule has 0 fully saturated rings. The molecule has 3 heteroatoms. The maximum atomic E-state index is 9.83. The summed E-state index contributed by atoms with van der Waals surface area (Å²) in [7, 11) is 0. The molecule has 3 aromatic rings. The molecule has 0 aliphatic heterocycles. The van der Waals surface area contributed by atoms with Crippen molar-refractivity contribution in [2.45, 2.75) is 26.1 Å². The Morgan fingerprint density at radius 1 is 1.10 bits per heavy atom. The normalized spacial score (nSPS) is 12.5. The molecule has 0 saturated heterocycles. The van der Waals surface area contributed by atoms with E-state index in [2.05, 4.69) is 0 Å². The second-order valence-corrected chi connectivity index (χ2v) is 5.05. The van der Waals surface area contributed by atoms with Crippen molar-refractivity contribution in [3.8, 4) is 5.75 Å². The first-order valence-electron chi connectivity index (χ1n) is 7.14. The zero-order valence-corrected chi connectivity index (χ0v) is 12.0. The van der Waals surface area contributed by atoms with Gasteiger partial charge in [0.15, 0.2) is 0 Å². The molecule has 0 radical (unpaired) electrons. The van der Waals surface area contributed by atoms with E-state index in [0.29, 0.717) is 18.8 Å². The Labute approximate surface area is 123 Å². The number of furan rings is 1. The summed E-state index contributed by atoms with van der Waals surface area (Å²) in [6.45, 7) is 2.46. The molecule has 1 N–H and O–H groups in total. The van der Waals surface area contributed by atoms with Crippen LogP contribution in [0, 0.1) is 0 Å². The quantitative estimate of drug-likeness (QED) is 0.751. The monoisotopic (exact) mass is 282 g/mol. The van der Waals surface area contributed by atoms with Crippen LogP contribution in [0.25, 0.3) is 11.0 Å². The van der Waals surface area contributed by atoms with Crippen LogP contribution >= 0.6 is 0 Å². The lowest BCUT2D eigenvalue weighted by Crippen LogP contribution is -1.94. The smallest absolute Gasteiger partial charge is 0.134 e. The van der Waals surface area contributed by atoms with Gasteiger partial charge in [0.1, 0.15) is 29.8 Å². The Hall–Kier alpha value is -2.26. The van der Waals surface area contributed by atoms with Crippen LogP contribution in [0.15, 0.2) is 59.0 Å². The third-order valence-electron chi connectivity index (χ3n) is 3.47. The Bertz CT molecular complexity index is 716. The van der Waals surface area contributed by atoms with Gasteiger partial charge in [-0.1, -0.05) is 37.3 Å². The van der Waals surface area contributed by atoms with Crippen LogP contribution in [-0.4, -0.2) is 5.11 Å². The minimum absolute atomic E-state index is 0.536. The standard InChI is InChI=1S/C18H18O3/c1-2-16(19)18-11-14-10-15(8-9-17(14)21-18)20-12-13-6-4-3-5-7-13/h3-11,16,19H,2,12H2,1H3. The molecular formula is C18H18O3. The zero-order valence-electron chi connectivity index (χ0n) is 12.0. The van der Waals surface area contributed by atoms with Crippen molar-refractivity contribution in [2.24, 2.45) is 0 Å². The van der Waals surface area contributed by atoms with E-state index < -0.39 is 6.10 Å². The van der Waals surface area contributed by atoms with E-state index >= 15 is 0 Å². The van der Waals surface area contributed by atoms with E-state index in [0.717, 1.165) is 22.3 Å². The molecule has 1 aromatic heterocycles. The number of aliphatic hydroxyl groups excluding tert-OH is 1. The summed E-state index contributed by atoms with van der Waals surface area (Å²) >= 11 is 0. The highest BCUT2D eigenvalue weighted by molar-refractivity contribution is 5.79. The number of benzene rings is 2. The minimum Gasteiger partial charge on any atom is -0.489 e. The summed E-state index contributed by atoms with van der Waals surface area (Å²) in [6.07, 6.45) is 0.0862. The molecule has 1 atom stereocenters. The second-order valence-electron chi connectivity index (χ2n) is 5.05. The molecule has 0 bridgehead atoms. The summed E-state index contributed by atoms with van der Waals surface area (Å²) < 4.78 is 11.4. The van der Waals surface area contributed by atoms with Crippen molar-refractivity contribution in [3.63, 3.8) is 0 Å². The predicted molar refractivity (Wildman–Crippen MR) is 82.2 cm³/mol. The highest BCUT2D eigenvalue weighted by atomic mass is 16.5. The minimum atomic E-state index is -0.550. The number of hydrogen-bond donors (Lipinski definition) is 1. The second kappa shape index (κ2) is 6.02. The van der Waals surface area contributed by atoms with Gasteiger partial charge in [0, 0.05) is 5.39 Å². The molecule has 0 amide bonds. The lowest BCUT2D eigenvalue weighted by atomic mass is 10.2. The average Bonchev–Trinajstić information content (AvgIpc) is 2.96.